The number of hydrogen-bond donors (Lipinski definition) is 2. The van der Waals surface area contributed by atoms with Crippen LogP contribution in [0.15, 0.2) is 42.5 Å². The molecule has 2 rings (SSSR count). The van der Waals surface area contributed by atoms with E-state index < -0.39 is 0 Å². The zero-order chi connectivity index (χ0) is 14.7. The van der Waals surface area contributed by atoms with Crippen molar-refractivity contribution < 1.29 is 4.74 Å². The topological polar surface area (TPSA) is 59.1 Å². The number of benzene rings is 2. The van der Waals surface area contributed by atoms with E-state index in [4.69, 9.17) is 15.9 Å². The summed E-state index contributed by atoms with van der Waals surface area (Å²) < 4.78 is 5.82. The van der Waals surface area contributed by atoms with Crippen LogP contribution in [0.1, 0.15) is 36.5 Å². The molecule has 0 saturated heterocycles. The van der Waals surface area contributed by atoms with Crippen molar-refractivity contribution in [2.24, 2.45) is 5.73 Å². The second-order valence-electron chi connectivity index (χ2n) is 5.21. The smallest absolute Gasteiger partial charge is 0.127 e. The number of ether oxygens (including phenoxy) is 1. The maximum atomic E-state index is 7.36. The predicted octanol–water partition coefficient (Wildman–Crippen LogP) is 4.19. The van der Waals surface area contributed by atoms with Gasteiger partial charge in [-0.25, -0.2) is 0 Å². The van der Waals surface area contributed by atoms with Crippen LogP contribution in [-0.2, 0) is 0 Å². The van der Waals surface area contributed by atoms with Crippen LogP contribution < -0.4 is 10.5 Å². The van der Waals surface area contributed by atoms with Gasteiger partial charge < -0.3 is 10.5 Å². The first-order chi connectivity index (χ1) is 9.47. The van der Waals surface area contributed by atoms with Crippen LogP contribution in [0.2, 0.25) is 0 Å². The highest BCUT2D eigenvalue weighted by molar-refractivity contribution is 5.94. The Labute approximate surface area is 119 Å². The molecule has 0 aliphatic rings. The number of rotatable bonds is 4. The van der Waals surface area contributed by atoms with Crippen molar-refractivity contribution in [1.29, 1.82) is 5.41 Å². The van der Waals surface area contributed by atoms with Crippen LogP contribution in [0, 0.1) is 12.3 Å². The highest BCUT2D eigenvalue weighted by atomic mass is 16.5. The lowest BCUT2D eigenvalue weighted by Gasteiger charge is -2.12. The highest BCUT2D eigenvalue weighted by Crippen LogP contribution is 2.27. The van der Waals surface area contributed by atoms with Crippen molar-refractivity contribution in [1.82, 2.24) is 0 Å². The number of nitrogen functional groups attached to an aromatic ring is 1. The molecule has 20 heavy (non-hydrogen) atoms. The summed E-state index contributed by atoms with van der Waals surface area (Å²) in [6.45, 7) is 6.47. The van der Waals surface area contributed by atoms with E-state index in [-0.39, 0.29) is 5.84 Å². The molecule has 3 heteroatoms. The lowest BCUT2D eigenvalue weighted by molar-refractivity contribution is 0.482. The maximum absolute atomic E-state index is 7.36. The highest BCUT2D eigenvalue weighted by Gasteiger charge is 2.05. The number of aryl methyl sites for hydroxylation is 1. The molecule has 0 aliphatic heterocycles. The molecule has 0 unspecified atom stereocenters. The largest absolute Gasteiger partial charge is 0.457 e. The van der Waals surface area contributed by atoms with Gasteiger partial charge in [-0.2, -0.15) is 0 Å². The third-order valence-electron chi connectivity index (χ3n) is 3.26. The molecule has 0 atom stereocenters. The Morgan fingerprint density at radius 2 is 1.65 bits per heavy atom. The summed E-state index contributed by atoms with van der Waals surface area (Å²) in [5, 5.41) is 7.36. The minimum atomic E-state index is 0.0636. The van der Waals surface area contributed by atoms with Crippen LogP contribution in [0.3, 0.4) is 0 Å². The molecule has 0 amide bonds. The third kappa shape index (κ3) is 3.18. The van der Waals surface area contributed by atoms with Gasteiger partial charge in [-0.1, -0.05) is 19.9 Å². The van der Waals surface area contributed by atoms with E-state index >= 15 is 0 Å². The van der Waals surface area contributed by atoms with Crippen molar-refractivity contribution in [2.75, 3.05) is 0 Å². The van der Waals surface area contributed by atoms with Crippen molar-refractivity contribution in [3.05, 3.63) is 59.2 Å². The fourth-order valence-electron chi connectivity index (χ4n) is 2.20. The van der Waals surface area contributed by atoms with Crippen LogP contribution in [0.4, 0.5) is 0 Å². The number of amidine groups is 1. The number of hydrogen-bond acceptors (Lipinski definition) is 2. The van der Waals surface area contributed by atoms with Gasteiger partial charge in [-0.3, -0.25) is 5.41 Å². The first-order valence-corrected chi connectivity index (χ1v) is 6.70. The lowest BCUT2D eigenvalue weighted by atomic mass is 9.98. The first kappa shape index (κ1) is 14.1. The fourth-order valence-corrected chi connectivity index (χ4v) is 2.20. The van der Waals surface area contributed by atoms with Gasteiger partial charge in [0.25, 0.3) is 0 Å². The quantitative estimate of drug-likeness (QED) is 0.645. The van der Waals surface area contributed by atoms with E-state index in [1.54, 1.807) is 12.1 Å². The van der Waals surface area contributed by atoms with Gasteiger partial charge in [-0.05, 0) is 60.4 Å². The standard InChI is InChI=1S/C17H20N2O/c1-11(2)16-9-8-15(10-12(16)3)20-14-6-4-13(5-7-14)17(18)19/h4-11H,1-3H3,(H3,18,19). The van der Waals surface area contributed by atoms with Gasteiger partial charge in [0.15, 0.2) is 0 Å². The normalized spacial score (nSPS) is 10.6. The molecule has 0 saturated carbocycles. The van der Waals surface area contributed by atoms with Crippen LogP contribution in [0.5, 0.6) is 11.5 Å². The van der Waals surface area contributed by atoms with Gasteiger partial charge >= 0.3 is 0 Å². The monoisotopic (exact) mass is 268 g/mol. The molecule has 2 aromatic carbocycles. The van der Waals surface area contributed by atoms with Crippen molar-refractivity contribution >= 4 is 5.84 Å². The molecule has 0 fully saturated rings. The summed E-state index contributed by atoms with van der Waals surface area (Å²) in [4.78, 5) is 0. The molecule has 0 bridgehead atoms. The Morgan fingerprint density at radius 1 is 1.05 bits per heavy atom. The van der Waals surface area contributed by atoms with Gasteiger partial charge in [0, 0.05) is 5.56 Å². The van der Waals surface area contributed by atoms with Crippen LogP contribution in [-0.4, -0.2) is 5.84 Å². The molecule has 104 valence electrons. The van der Waals surface area contributed by atoms with Crippen LogP contribution in [0.25, 0.3) is 0 Å². The van der Waals surface area contributed by atoms with E-state index in [1.165, 1.54) is 11.1 Å². The number of nitrogens with two attached hydrogens (primary N) is 1. The minimum Gasteiger partial charge on any atom is -0.457 e. The molecular formula is C17H20N2O. The molecule has 3 nitrogen and oxygen atoms in total. The van der Waals surface area contributed by atoms with Crippen molar-refractivity contribution in [2.45, 2.75) is 26.7 Å². The SMILES string of the molecule is Cc1cc(Oc2ccc(C(=N)N)cc2)ccc1C(C)C. The zero-order valence-electron chi connectivity index (χ0n) is 12.1. The van der Waals surface area contributed by atoms with E-state index in [2.05, 4.69) is 26.8 Å². The summed E-state index contributed by atoms with van der Waals surface area (Å²) in [6.07, 6.45) is 0. The number of nitrogens with one attached hydrogen (secondary N) is 1. The summed E-state index contributed by atoms with van der Waals surface area (Å²) >= 11 is 0. The Kier molecular flexibility index (Phi) is 4.08. The average molecular weight is 268 g/mol. The second-order valence-corrected chi connectivity index (χ2v) is 5.21. The Bertz CT molecular complexity index is 615. The molecule has 3 N–H and O–H groups in total. The zero-order valence-corrected chi connectivity index (χ0v) is 12.1. The predicted molar refractivity (Wildman–Crippen MR) is 82.8 cm³/mol. The fraction of sp³-hybridized carbons (Fsp3) is 0.235. The van der Waals surface area contributed by atoms with E-state index in [0.29, 0.717) is 11.5 Å². The average Bonchev–Trinajstić information content (AvgIpc) is 2.39. The third-order valence-corrected chi connectivity index (χ3v) is 3.26. The minimum absolute atomic E-state index is 0.0636. The molecule has 0 aliphatic carbocycles. The van der Waals surface area contributed by atoms with Gasteiger partial charge in [0.2, 0.25) is 0 Å². The van der Waals surface area contributed by atoms with Gasteiger partial charge in [0.1, 0.15) is 17.3 Å². The van der Waals surface area contributed by atoms with Gasteiger partial charge in [-0.15, -0.1) is 0 Å². The lowest BCUT2D eigenvalue weighted by Crippen LogP contribution is -2.10. The van der Waals surface area contributed by atoms with Gasteiger partial charge in [0.05, 0.1) is 0 Å². The van der Waals surface area contributed by atoms with E-state index in [1.807, 2.05) is 24.3 Å². The summed E-state index contributed by atoms with van der Waals surface area (Å²) in [5.41, 5.74) is 8.69. The summed E-state index contributed by atoms with van der Waals surface area (Å²) in [7, 11) is 0. The molecular weight excluding hydrogens is 248 g/mol. The Morgan fingerprint density at radius 3 is 2.15 bits per heavy atom. The molecule has 2 aromatic rings. The van der Waals surface area contributed by atoms with E-state index in [0.717, 1.165) is 11.5 Å². The second kappa shape index (κ2) is 5.78. The van der Waals surface area contributed by atoms with Crippen LogP contribution >= 0.6 is 0 Å². The summed E-state index contributed by atoms with van der Waals surface area (Å²) in [6, 6.07) is 13.4. The molecule has 0 aromatic heterocycles. The Balaban J connectivity index is 2.17. The Hall–Kier alpha value is -2.29. The van der Waals surface area contributed by atoms with E-state index in [9.17, 15) is 0 Å². The first-order valence-electron chi connectivity index (χ1n) is 6.70. The van der Waals surface area contributed by atoms with Crippen molar-refractivity contribution in [3.63, 3.8) is 0 Å². The summed E-state index contributed by atoms with van der Waals surface area (Å²) in [5.74, 6) is 2.14. The molecule has 0 radical (unpaired) electrons. The molecule has 0 heterocycles. The molecule has 0 spiro atoms. The van der Waals surface area contributed by atoms with Crippen molar-refractivity contribution in [3.8, 4) is 11.5 Å². The maximum Gasteiger partial charge on any atom is 0.127 e.